The summed E-state index contributed by atoms with van der Waals surface area (Å²) < 4.78 is 1.24. The molecule has 0 spiro atoms. The molecule has 0 saturated carbocycles. The third-order valence-corrected chi connectivity index (χ3v) is 5.00. The number of hydrogen-bond acceptors (Lipinski definition) is 2. The Balaban J connectivity index is 1.74. The number of carboxylic acid groups (broad SMARTS) is 1. The third kappa shape index (κ3) is 2.16. The highest BCUT2D eigenvalue weighted by molar-refractivity contribution is 14.1. The highest BCUT2D eigenvalue weighted by atomic mass is 127. The zero-order valence-corrected chi connectivity index (χ0v) is 12.2. The van der Waals surface area contributed by atoms with Gasteiger partial charge in [-0.1, -0.05) is 12.1 Å². The summed E-state index contributed by atoms with van der Waals surface area (Å²) >= 11 is 2.30. The Hall–Kier alpha value is -0.620. The van der Waals surface area contributed by atoms with Crippen molar-refractivity contribution in [1.82, 2.24) is 4.90 Å². The van der Waals surface area contributed by atoms with Crippen LogP contribution in [0.1, 0.15) is 24.8 Å². The maximum Gasteiger partial charge on any atom is 0.308 e. The Morgan fingerprint density at radius 3 is 2.67 bits per heavy atom. The average molecular weight is 357 g/mol. The van der Waals surface area contributed by atoms with Crippen molar-refractivity contribution >= 4 is 28.6 Å². The van der Waals surface area contributed by atoms with Crippen LogP contribution >= 0.6 is 22.6 Å². The second-order valence-corrected chi connectivity index (χ2v) is 6.52. The van der Waals surface area contributed by atoms with E-state index in [0.717, 1.165) is 19.4 Å². The van der Waals surface area contributed by atoms with Gasteiger partial charge in [-0.15, -0.1) is 0 Å². The van der Waals surface area contributed by atoms with Crippen molar-refractivity contribution in [3.8, 4) is 0 Å². The fourth-order valence-electron chi connectivity index (χ4n) is 3.41. The predicted molar refractivity (Wildman–Crippen MR) is 77.3 cm³/mol. The van der Waals surface area contributed by atoms with Crippen LogP contribution in [0.25, 0.3) is 0 Å². The highest BCUT2D eigenvalue weighted by Crippen LogP contribution is 2.42. The molecule has 0 amide bonds. The van der Waals surface area contributed by atoms with Gasteiger partial charge in [-0.2, -0.15) is 0 Å². The first-order chi connectivity index (χ1) is 8.65. The van der Waals surface area contributed by atoms with E-state index in [1.807, 2.05) is 0 Å². The Morgan fingerprint density at radius 2 is 2.06 bits per heavy atom. The van der Waals surface area contributed by atoms with E-state index in [2.05, 4.69) is 51.8 Å². The number of aliphatic carboxylic acids is 1. The van der Waals surface area contributed by atoms with Crippen molar-refractivity contribution in [3.05, 3.63) is 33.4 Å². The lowest BCUT2D eigenvalue weighted by atomic mass is 9.89. The third-order valence-electron chi connectivity index (χ3n) is 4.28. The number of halogens is 1. The largest absolute Gasteiger partial charge is 0.481 e. The molecule has 3 unspecified atom stereocenters. The normalized spacial score (nSPS) is 30.8. The molecule has 2 aliphatic heterocycles. The van der Waals surface area contributed by atoms with E-state index in [4.69, 9.17) is 0 Å². The van der Waals surface area contributed by atoms with Crippen LogP contribution in [0, 0.1) is 9.49 Å². The molecule has 2 fully saturated rings. The molecule has 4 heteroatoms. The summed E-state index contributed by atoms with van der Waals surface area (Å²) in [7, 11) is 0. The molecule has 2 saturated heterocycles. The van der Waals surface area contributed by atoms with Gasteiger partial charge in [0.15, 0.2) is 0 Å². The molecule has 2 bridgehead atoms. The lowest BCUT2D eigenvalue weighted by Crippen LogP contribution is -2.32. The SMILES string of the molecule is O=C(O)C1CC2CCC1N2Cc1ccc(I)cc1. The molecule has 2 heterocycles. The van der Waals surface area contributed by atoms with Crippen LogP contribution in [-0.4, -0.2) is 28.1 Å². The summed E-state index contributed by atoms with van der Waals surface area (Å²) in [6.45, 7) is 0.899. The van der Waals surface area contributed by atoms with Gasteiger partial charge in [0.1, 0.15) is 0 Å². The molecule has 3 atom stereocenters. The van der Waals surface area contributed by atoms with Gasteiger partial charge in [0.05, 0.1) is 5.92 Å². The van der Waals surface area contributed by atoms with Crippen molar-refractivity contribution in [2.45, 2.75) is 37.9 Å². The van der Waals surface area contributed by atoms with Crippen LogP contribution in [-0.2, 0) is 11.3 Å². The fourth-order valence-corrected chi connectivity index (χ4v) is 3.77. The molecule has 3 rings (SSSR count). The van der Waals surface area contributed by atoms with Crippen LogP contribution in [0.4, 0.5) is 0 Å². The average Bonchev–Trinajstić information content (AvgIpc) is 2.89. The predicted octanol–water partition coefficient (Wildman–Crippen LogP) is 2.73. The standard InChI is InChI=1S/C14H16INO2/c15-10-3-1-9(2-4-10)8-16-11-5-6-13(16)12(7-11)14(17)18/h1-4,11-13H,5-8H2,(H,17,18). The van der Waals surface area contributed by atoms with Gasteiger partial charge in [-0.25, -0.2) is 0 Å². The van der Waals surface area contributed by atoms with Gasteiger partial charge in [0.25, 0.3) is 0 Å². The minimum absolute atomic E-state index is 0.146. The van der Waals surface area contributed by atoms with Gasteiger partial charge in [0, 0.05) is 22.2 Å². The van der Waals surface area contributed by atoms with Crippen LogP contribution in [0.3, 0.4) is 0 Å². The van der Waals surface area contributed by atoms with Crippen LogP contribution in [0.5, 0.6) is 0 Å². The summed E-state index contributed by atoms with van der Waals surface area (Å²) in [4.78, 5) is 13.6. The first-order valence-electron chi connectivity index (χ1n) is 6.38. The lowest BCUT2D eigenvalue weighted by molar-refractivity contribution is -0.142. The topological polar surface area (TPSA) is 40.5 Å². The lowest BCUT2D eigenvalue weighted by Gasteiger charge is -2.22. The molecule has 3 nitrogen and oxygen atoms in total. The van der Waals surface area contributed by atoms with Gasteiger partial charge < -0.3 is 5.11 Å². The summed E-state index contributed by atoms with van der Waals surface area (Å²) in [5, 5.41) is 9.23. The van der Waals surface area contributed by atoms with E-state index >= 15 is 0 Å². The van der Waals surface area contributed by atoms with E-state index in [1.165, 1.54) is 15.6 Å². The number of nitrogens with zero attached hydrogens (tertiary/aromatic N) is 1. The van der Waals surface area contributed by atoms with E-state index in [9.17, 15) is 9.90 Å². The number of fused-ring (bicyclic) bond motifs is 2. The van der Waals surface area contributed by atoms with Gasteiger partial charge >= 0.3 is 5.97 Å². The van der Waals surface area contributed by atoms with Crippen molar-refractivity contribution in [3.63, 3.8) is 0 Å². The summed E-state index contributed by atoms with van der Waals surface area (Å²) in [6, 6.07) is 9.26. The molecular formula is C14H16INO2. The molecule has 0 aromatic heterocycles. The van der Waals surface area contributed by atoms with E-state index in [-0.39, 0.29) is 12.0 Å². The number of hydrogen-bond donors (Lipinski definition) is 1. The number of carboxylic acids is 1. The first-order valence-corrected chi connectivity index (χ1v) is 7.46. The maximum absolute atomic E-state index is 11.2. The Morgan fingerprint density at radius 1 is 1.33 bits per heavy atom. The number of rotatable bonds is 3. The monoisotopic (exact) mass is 357 g/mol. The molecule has 0 radical (unpaired) electrons. The molecule has 1 N–H and O–H groups in total. The smallest absolute Gasteiger partial charge is 0.308 e. The Labute approximate surface area is 120 Å². The van der Waals surface area contributed by atoms with Crippen LogP contribution in [0.2, 0.25) is 0 Å². The maximum atomic E-state index is 11.2. The molecule has 1 aromatic carbocycles. The summed E-state index contributed by atoms with van der Waals surface area (Å²) in [5.74, 6) is -0.762. The Bertz CT molecular complexity index is 459. The molecule has 0 aliphatic carbocycles. The van der Waals surface area contributed by atoms with Gasteiger partial charge in [0.2, 0.25) is 0 Å². The molecule has 18 heavy (non-hydrogen) atoms. The van der Waals surface area contributed by atoms with Crippen molar-refractivity contribution in [2.75, 3.05) is 0 Å². The van der Waals surface area contributed by atoms with Crippen LogP contribution < -0.4 is 0 Å². The van der Waals surface area contributed by atoms with E-state index < -0.39 is 5.97 Å². The molecule has 96 valence electrons. The van der Waals surface area contributed by atoms with E-state index in [1.54, 1.807) is 0 Å². The Kier molecular flexibility index (Phi) is 3.32. The van der Waals surface area contributed by atoms with Crippen molar-refractivity contribution < 1.29 is 9.90 Å². The molecular weight excluding hydrogens is 341 g/mol. The number of carbonyl (C=O) groups is 1. The fraction of sp³-hybridized carbons (Fsp3) is 0.500. The summed E-state index contributed by atoms with van der Waals surface area (Å²) in [6.07, 6.45) is 3.05. The van der Waals surface area contributed by atoms with Gasteiger partial charge in [-0.05, 0) is 59.5 Å². The van der Waals surface area contributed by atoms with Crippen molar-refractivity contribution in [1.29, 1.82) is 0 Å². The van der Waals surface area contributed by atoms with Crippen molar-refractivity contribution in [2.24, 2.45) is 5.92 Å². The molecule has 1 aromatic rings. The summed E-state index contributed by atoms with van der Waals surface area (Å²) in [5.41, 5.74) is 1.29. The zero-order valence-electron chi connectivity index (χ0n) is 10.1. The second kappa shape index (κ2) is 4.81. The zero-order chi connectivity index (χ0) is 12.7. The first kappa shape index (κ1) is 12.4. The quantitative estimate of drug-likeness (QED) is 0.846. The second-order valence-electron chi connectivity index (χ2n) is 5.28. The van der Waals surface area contributed by atoms with E-state index in [0.29, 0.717) is 6.04 Å². The molecule has 2 aliphatic rings. The minimum atomic E-state index is -0.616. The number of benzene rings is 1. The highest BCUT2D eigenvalue weighted by Gasteiger charge is 2.48. The van der Waals surface area contributed by atoms with Crippen LogP contribution in [0.15, 0.2) is 24.3 Å². The minimum Gasteiger partial charge on any atom is -0.481 e. The van der Waals surface area contributed by atoms with Gasteiger partial charge in [-0.3, -0.25) is 9.69 Å².